The van der Waals surface area contributed by atoms with Gasteiger partial charge in [0.25, 0.3) is 5.56 Å². The fraction of sp³-hybridized carbons (Fsp3) is 0.273. The Bertz CT molecular complexity index is 998. The summed E-state index contributed by atoms with van der Waals surface area (Å²) in [4.78, 5) is 17.3. The predicted molar refractivity (Wildman–Crippen MR) is 105 cm³/mol. The van der Waals surface area contributed by atoms with Gasteiger partial charge in [-0.05, 0) is 48.4 Å². The topological polar surface area (TPSA) is 56.2 Å². The monoisotopic (exact) mass is 379 g/mol. The van der Waals surface area contributed by atoms with E-state index >= 15 is 0 Å². The van der Waals surface area contributed by atoms with Crippen LogP contribution in [0, 0.1) is 5.82 Å². The summed E-state index contributed by atoms with van der Waals surface area (Å²) in [6, 6.07) is 13.9. The van der Waals surface area contributed by atoms with Gasteiger partial charge in [-0.2, -0.15) is 0 Å². The molecule has 2 heterocycles. The van der Waals surface area contributed by atoms with Crippen molar-refractivity contribution in [3.63, 3.8) is 0 Å². The van der Waals surface area contributed by atoms with Crippen molar-refractivity contribution in [3.8, 4) is 5.75 Å². The summed E-state index contributed by atoms with van der Waals surface area (Å²) in [5, 5.41) is 3.30. The van der Waals surface area contributed by atoms with Crippen LogP contribution in [0.2, 0.25) is 0 Å². The molecule has 1 aromatic heterocycles. The van der Waals surface area contributed by atoms with Gasteiger partial charge in [-0.15, -0.1) is 0 Å². The fourth-order valence-corrected chi connectivity index (χ4v) is 3.33. The Morgan fingerprint density at radius 2 is 1.71 bits per heavy atom. The third kappa shape index (κ3) is 4.28. The molecule has 1 aliphatic heterocycles. The fourth-order valence-electron chi connectivity index (χ4n) is 3.33. The Morgan fingerprint density at radius 1 is 1.00 bits per heavy atom. The Kier molecular flexibility index (Phi) is 5.48. The van der Waals surface area contributed by atoms with Gasteiger partial charge < -0.3 is 10.1 Å². The molecule has 0 bridgehead atoms. The van der Waals surface area contributed by atoms with E-state index in [0.717, 1.165) is 54.1 Å². The first-order valence-electron chi connectivity index (χ1n) is 9.43. The zero-order chi connectivity index (χ0) is 19.3. The molecule has 3 aromatic rings. The van der Waals surface area contributed by atoms with E-state index in [2.05, 4.69) is 10.3 Å². The quantitative estimate of drug-likeness (QED) is 0.741. The molecule has 0 amide bonds. The lowest BCUT2D eigenvalue weighted by Gasteiger charge is -2.11. The van der Waals surface area contributed by atoms with E-state index < -0.39 is 0 Å². The van der Waals surface area contributed by atoms with Crippen LogP contribution in [-0.2, 0) is 26.0 Å². The van der Waals surface area contributed by atoms with Crippen LogP contribution in [0.4, 0.5) is 4.39 Å². The maximum Gasteiger partial charge on any atom is 0.257 e. The first kappa shape index (κ1) is 18.4. The molecule has 0 unspecified atom stereocenters. The van der Waals surface area contributed by atoms with E-state index in [1.165, 1.54) is 12.1 Å². The van der Waals surface area contributed by atoms with E-state index in [1.54, 1.807) is 23.0 Å². The Labute approximate surface area is 162 Å². The Balaban J connectivity index is 1.42. The summed E-state index contributed by atoms with van der Waals surface area (Å²) in [6.45, 7) is 2.53. The van der Waals surface area contributed by atoms with Gasteiger partial charge in [-0.3, -0.25) is 9.36 Å². The maximum absolute atomic E-state index is 12.9. The lowest BCUT2D eigenvalue weighted by molar-refractivity contribution is 0.306. The number of fused-ring (bicyclic) bond motifs is 1. The smallest absolute Gasteiger partial charge is 0.257 e. The molecule has 5 nitrogen and oxygen atoms in total. The summed E-state index contributed by atoms with van der Waals surface area (Å²) in [5.41, 5.74) is 3.69. The number of halogens is 1. The predicted octanol–water partition coefficient (Wildman–Crippen LogP) is 2.70. The van der Waals surface area contributed by atoms with Crippen molar-refractivity contribution in [2.75, 3.05) is 13.1 Å². The number of aromatic nitrogens is 2. The summed E-state index contributed by atoms with van der Waals surface area (Å²) >= 11 is 0. The minimum absolute atomic E-state index is 0.0466. The molecule has 0 saturated carbocycles. The van der Waals surface area contributed by atoms with Crippen LogP contribution in [0.5, 0.6) is 5.75 Å². The molecule has 4 rings (SSSR count). The molecule has 0 fully saturated rings. The third-order valence-electron chi connectivity index (χ3n) is 4.91. The summed E-state index contributed by atoms with van der Waals surface area (Å²) in [6.07, 6.45) is 3.16. The highest BCUT2D eigenvalue weighted by atomic mass is 19.1. The minimum Gasteiger partial charge on any atom is -0.489 e. The number of benzene rings is 2. The van der Waals surface area contributed by atoms with Crippen molar-refractivity contribution in [3.05, 3.63) is 93.4 Å². The van der Waals surface area contributed by atoms with Crippen LogP contribution in [-0.4, -0.2) is 22.6 Å². The normalized spacial score (nSPS) is 13.6. The van der Waals surface area contributed by atoms with Crippen LogP contribution in [0.25, 0.3) is 0 Å². The first-order valence-corrected chi connectivity index (χ1v) is 9.43. The maximum atomic E-state index is 12.9. The molecule has 144 valence electrons. The van der Waals surface area contributed by atoms with Crippen LogP contribution < -0.4 is 15.6 Å². The molecule has 0 radical (unpaired) electrons. The van der Waals surface area contributed by atoms with Crippen LogP contribution in [0.1, 0.15) is 22.4 Å². The molecule has 0 saturated heterocycles. The Hall–Kier alpha value is -2.99. The minimum atomic E-state index is -0.258. The molecule has 1 aliphatic rings. The van der Waals surface area contributed by atoms with Crippen molar-refractivity contribution in [1.29, 1.82) is 0 Å². The lowest BCUT2D eigenvalue weighted by Crippen LogP contribution is -2.27. The molecule has 6 heteroatoms. The number of nitrogens with one attached hydrogen (secondary N) is 1. The third-order valence-corrected chi connectivity index (χ3v) is 4.91. The second-order valence-electron chi connectivity index (χ2n) is 6.91. The SMILES string of the molecule is O=c1c2c(ncn1Cc1ccc(OCc3ccc(F)cc3)cc1)CCNCC2. The standard InChI is InChI=1S/C22H22FN3O2/c23-18-5-1-17(2-6-18)14-28-19-7-3-16(4-8-19)13-26-15-25-21-10-12-24-11-9-20(21)22(26)27/h1-8,15,24H,9-14H2. The largest absolute Gasteiger partial charge is 0.489 e. The van der Waals surface area contributed by atoms with Gasteiger partial charge in [0, 0.05) is 18.5 Å². The summed E-state index contributed by atoms with van der Waals surface area (Å²) in [7, 11) is 0. The molecular weight excluding hydrogens is 357 g/mol. The van der Waals surface area contributed by atoms with Crippen molar-refractivity contribution < 1.29 is 9.13 Å². The summed E-state index contributed by atoms with van der Waals surface area (Å²) in [5.74, 6) is 0.471. The average molecular weight is 379 g/mol. The highest BCUT2D eigenvalue weighted by Gasteiger charge is 2.14. The molecule has 1 N–H and O–H groups in total. The highest BCUT2D eigenvalue weighted by Crippen LogP contribution is 2.15. The lowest BCUT2D eigenvalue weighted by atomic mass is 10.1. The Morgan fingerprint density at radius 3 is 2.50 bits per heavy atom. The number of hydrogen-bond donors (Lipinski definition) is 1. The van der Waals surface area contributed by atoms with Crippen LogP contribution in [0.3, 0.4) is 0 Å². The van der Waals surface area contributed by atoms with E-state index in [9.17, 15) is 9.18 Å². The number of ether oxygens (including phenoxy) is 1. The van der Waals surface area contributed by atoms with Crippen LogP contribution >= 0.6 is 0 Å². The van der Waals surface area contributed by atoms with Crippen molar-refractivity contribution in [2.45, 2.75) is 26.0 Å². The van der Waals surface area contributed by atoms with Gasteiger partial charge in [0.1, 0.15) is 18.2 Å². The van der Waals surface area contributed by atoms with E-state index in [0.29, 0.717) is 13.2 Å². The van der Waals surface area contributed by atoms with Gasteiger partial charge in [0.05, 0.1) is 18.6 Å². The van der Waals surface area contributed by atoms with Crippen molar-refractivity contribution in [2.24, 2.45) is 0 Å². The molecular formula is C22H22FN3O2. The molecule has 28 heavy (non-hydrogen) atoms. The number of nitrogens with zero attached hydrogens (tertiary/aromatic N) is 2. The van der Waals surface area contributed by atoms with Gasteiger partial charge >= 0.3 is 0 Å². The van der Waals surface area contributed by atoms with Gasteiger partial charge in [-0.1, -0.05) is 24.3 Å². The molecule has 2 aromatic carbocycles. The van der Waals surface area contributed by atoms with Gasteiger partial charge in [0.2, 0.25) is 0 Å². The van der Waals surface area contributed by atoms with Crippen molar-refractivity contribution >= 4 is 0 Å². The number of hydrogen-bond acceptors (Lipinski definition) is 4. The molecule has 0 spiro atoms. The van der Waals surface area contributed by atoms with Crippen molar-refractivity contribution in [1.82, 2.24) is 14.9 Å². The van der Waals surface area contributed by atoms with E-state index in [-0.39, 0.29) is 11.4 Å². The van der Waals surface area contributed by atoms with Gasteiger partial charge in [0.15, 0.2) is 0 Å². The van der Waals surface area contributed by atoms with E-state index in [4.69, 9.17) is 4.74 Å². The summed E-state index contributed by atoms with van der Waals surface area (Å²) < 4.78 is 20.3. The first-order chi connectivity index (χ1) is 13.7. The zero-order valence-electron chi connectivity index (χ0n) is 15.5. The highest BCUT2D eigenvalue weighted by molar-refractivity contribution is 5.28. The average Bonchev–Trinajstić information content (AvgIpc) is 2.97. The second-order valence-corrected chi connectivity index (χ2v) is 6.91. The zero-order valence-corrected chi connectivity index (χ0v) is 15.5. The molecule has 0 atom stereocenters. The van der Waals surface area contributed by atoms with E-state index in [1.807, 2.05) is 24.3 Å². The van der Waals surface area contributed by atoms with Gasteiger partial charge in [-0.25, -0.2) is 9.37 Å². The second kappa shape index (κ2) is 8.35. The molecule has 0 aliphatic carbocycles. The number of rotatable bonds is 5. The van der Waals surface area contributed by atoms with Crippen LogP contribution in [0.15, 0.2) is 59.7 Å².